The van der Waals surface area contributed by atoms with E-state index in [2.05, 4.69) is 23.2 Å². The number of likely N-dealkylation sites (N-methyl/N-ethyl adjacent to an activating group) is 1. The van der Waals surface area contributed by atoms with Crippen LogP contribution in [0.25, 0.3) is 0 Å². The molecule has 1 heterocycles. The third kappa shape index (κ3) is 1.26. The number of hydrogen-bond acceptors (Lipinski definition) is 2. The number of fused-ring (bicyclic) bond motifs is 1. The maximum absolute atomic E-state index is 6.34. The molecule has 2 aliphatic rings. The molecule has 0 unspecified atom stereocenters. The lowest BCUT2D eigenvalue weighted by Gasteiger charge is -2.54. The summed E-state index contributed by atoms with van der Waals surface area (Å²) < 4.78 is 0. The smallest absolute Gasteiger partial charge is 0.0796 e. The molecule has 3 heteroatoms. The number of halogens is 1. The summed E-state index contributed by atoms with van der Waals surface area (Å²) in [6.45, 7) is 4.32. The molecule has 1 saturated carbocycles. The van der Waals surface area contributed by atoms with E-state index >= 15 is 0 Å². The Morgan fingerprint density at radius 1 is 1.44 bits per heavy atom. The van der Waals surface area contributed by atoms with Gasteiger partial charge in [0.05, 0.1) is 21.9 Å². The fourth-order valence-electron chi connectivity index (χ4n) is 3.05. The van der Waals surface area contributed by atoms with Crippen molar-refractivity contribution in [1.82, 2.24) is 0 Å². The van der Waals surface area contributed by atoms with Gasteiger partial charge in [-0.2, -0.15) is 0 Å². The Bertz CT molecular complexity index is 412. The van der Waals surface area contributed by atoms with Gasteiger partial charge in [-0.15, -0.1) is 0 Å². The van der Waals surface area contributed by atoms with Crippen molar-refractivity contribution in [2.45, 2.75) is 31.7 Å². The van der Waals surface area contributed by atoms with Gasteiger partial charge in [-0.1, -0.05) is 17.7 Å². The van der Waals surface area contributed by atoms with Gasteiger partial charge in [-0.3, -0.25) is 0 Å². The van der Waals surface area contributed by atoms with Gasteiger partial charge in [-0.05, 0) is 38.3 Å². The van der Waals surface area contributed by atoms with Crippen LogP contribution in [0.5, 0.6) is 0 Å². The van der Waals surface area contributed by atoms with Crippen molar-refractivity contribution in [2.24, 2.45) is 0 Å². The minimum atomic E-state index is 0.340. The molecule has 1 fully saturated rings. The first-order chi connectivity index (χ1) is 7.77. The van der Waals surface area contributed by atoms with Gasteiger partial charge in [0.15, 0.2) is 0 Å². The van der Waals surface area contributed by atoms with E-state index in [0.29, 0.717) is 5.54 Å². The second kappa shape index (κ2) is 3.56. The van der Waals surface area contributed by atoms with Crippen LogP contribution in [0.1, 0.15) is 26.2 Å². The van der Waals surface area contributed by atoms with E-state index in [4.69, 9.17) is 11.6 Å². The minimum absolute atomic E-state index is 0.340. The van der Waals surface area contributed by atoms with Crippen molar-refractivity contribution in [3.8, 4) is 0 Å². The third-order valence-corrected chi connectivity index (χ3v) is 4.34. The number of anilines is 2. The number of para-hydroxylation sites is 1. The van der Waals surface area contributed by atoms with Gasteiger partial charge in [0.1, 0.15) is 0 Å². The topological polar surface area (TPSA) is 15.3 Å². The normalized spacial score (nSPS) is 21.2. The number of rotatable bonds is 1. The predicted octanol–water partition coefficient (Wildman–Crippen LogP) is 3.51. The molecule has 1 aliphatic carbocycles. The lowest BCUT2D eigenvalue weighted by atomic mass is 9.73. The summed E-state index contributed by atoms with van der Waals surface area (Å²) in [5.74, 6) is 0. The molecular formula is C13H17ClN2. The van der Waals surface area contributed by atoms with Crippen molar-refractivity contribution >= 4 is 23.0 Å². The maximum atomic E-state index is 6.34. The third-order valence-electron chi connectivity index (χ3n) is 4.04. The van der Waals surface area contributed by atoms with Crippen molar-refractivity contribution in [2.75, 3.05) is 23.3 Å². The van der Waals surface area contributed by atoms with E-state index in [-0.39, 0.29) is 0 Å². The van der Waals surface area contributed by atoms with Crippen LogP contribution in [0, 0.1) is 0 Å². The van der Waals surface area contributed by atoms with Crippen LogP contribution >= 0.6 is 11.6 Å². The van der Waals surface area contributed by atoms with Gasteiger partial charge in [0.25, 0.3) is 0 Å². The molecule has 1 aromatic carbocycles. The van der Waals surface area contributed by atoms with Crippen molar-refractivity contribution in [1.29, 1.82) is 0 Å². The van der Waals surface area contributed by atoms with Gasteiger partial charge in [-0.25, -0.2) is 0 Å². The fourth-order valence-corrected chi connectivity index (χ4v) is 3.33. The first-order valence-electron chi connectivity index (χ1n) is 6.07. The standard InChI is InChI=1S/C13H17ClN2/c1-2-16-12-10(14)5-3-6-11(12)15-9-13(16)7-4-8-13/h3,5-6,15H,2,4,7-9H2,1H3. The van der Waals surface area contributed by atoms with Crippen LogP contribution < -0.4 is 10.2 Å². The minimum Gasteiger partial charge on any atom is -0.381 e. The number of hydrogen-bond donors (Lipinski definition) is 1. The quantitative estimate of drug-likeness (QED) is 0.803. The van der Waals surface area contributed by atoms with Crippen LogP contribution in [0.15, 0.2) is 18.2 Å². The van der Waals surface area contributed by atoms with Gasteiger partial charge < -0.3 is 10.2 Å². The average molecular weight is 237 g/mol. The van der Waals surface area contributed by atoms with Crippen LogP contribution in [-0.4, -0.2) is 18.6 Å². The van der Waals surface area contributed by atoms with E-state index in [9.17, 15) is 0 Å². The largest absolute Gasteiger partial charge is 0.381 e. The Labute approximate surface area is 102 Å². The van der Waals surface area contributed by atoms with Gasteiger partial charge in [0, 0.05) is 13.1 Å². The van der Waals surface area contributed by atoms with E-state index in [0.717, 1.165) is 18.1 Å². The molecule has 0 saturated heterocycles. The molecule has 3 rings (SSSR count). The Kier molecular flexibility index (Phi) is 2.28. The Morgan fingerprint density at radius 2 is 2.25 bits per heavy atom. The van der Waals surface area contributed by atoms with E-state index < -0.39 is 0 Å². The van der Waals surface area contributed by atoms with Crippen LogP contribution in [0.4, 0.5) is 11.4 Å². The Hall–Kier alpha value is -0.890. The highest BCUT2D eigenvalue weighted by Crippen LogP contribution is 2.48. The summed E-state index contributed by atoms with van der Waals surface area (Å²) in [4.78, 5) is 2.50. The molecule has 2 nitrogen and oxygen atoms in total. The van der Waals surface area contributed by atoms with Crippen LogP contribution in [-0.2, 0) is 0 Å². The summed E-state index contributed by atoms with van der Waals surface area (Å²) in [6, 6.07) is 6.12. The number of benzene rings is 1. The highest BCUT2D eigenvalue weighted by Gasteiger charge is 2.45. The van der Waals surface area contributed by atoms with E-state index in [1.165, 1.54) is 30.6 Å². The zero-order chi connectivity index (χ0) is 11.2. The van der Waals surface area contributed by atoms with Crippen LogP contribution in [0.2, 0.25) is 5.02 Å². The molecule has 0 amide bonds. The summed E-state index contributed by atoms with van der Waals surface area (Å²) in [5, 5.41) is 4.41. The lowest BCUT2D eigenvalue weighted by Crippen LogP contribution is -2.60. The molecule has 1 aromatic rings. The summed E-state index contributed by atoms with van der Waals surface area (Å²) in [7, 11) is 0. The van der Waals surface area contributed by atoms with Crippen molar-refractivity contribution in [3.63, 3.8) is 0 Å². The zero-order valence-corrected chi connectivity index (χ0v) is 10.3. The highest BCUT2D eigenvalue weighted by atomic mass is 35.5. The predicted molar refractivity (Wildman–Crippen MR) is 69.5 cm³/mol. The van der Waals surface area contributed by atoms with E-state index in [1.807, 2.05) is 12.1 Å². The number of nitrogens with one attached hydrogen (secondary N) is 1. The maximum Gasteiger partial charge on any atom is 0.0796 e. The summed E-state index contributed by atoms with van der Waals surface area (Å²) in [6.07, 6.45) is 3.93. The molecule has 16 heavy (non-hydrogen) atoms. The first kappa shape index (κ1) is 10.3. The molecule has 1 spiro atoms. The monoisotopic (exact) mass is 236 g/mol. The second-order valence-electron chi connectivity index (χ2n) is 4.81. The van der Waals surface area contributed by atoms with Crippen LogP contribution in [0.3, 0.4) is 0 Å². The highest BCUT2D eigenvalue weighted by molar-refractivity contribution is 6.34. The molecule has 0 aromatic heterocycles. The van der Waals surface area contributed by atoms with E-state index in [1.54, 1.807) is 0 Å². The molecule has 1 N–H and O–H groups in total. The van der Waals surface area contributed by atoms with Crippen molar-refractivity contribution in [3.05, 3.63) is 23.2 Å². The molecule has 0 bridgehead atoms. The molecule has 1 aliphatic heterocycles. The fraction of sp³-hybridized carbons (Fsp3) is 0.538. The molecule has 0 radical (unpaired) electrons. The van der Waals surface area contributed by atoms with Gasteiger partial charge in [0.2, 0.25) is 0 Å². The molecule has 86 valence electrons. The Morgan fingerprint density at radius 3 is 2.88 bits per heavy atom. The summed E-state index contributed by atoms with van der Waals surface area (Å²) >= 11 is 6.34. The lowest BCUT2D eigenvalue weighted by molar-refractivity contribution is 0.240. The SMILES string of the molecule is CCN1c2c(Cl)cccc2NCC12CCC2. The Balaban J connectivity index is 2.09. The van der Waals surface area contributed by atoms with Crippen molar-refractivity contribution < 1.29 is 0 Å². The molecule has 0 atom stereocenters. The second-order valence-corrected chi connectivity index (χ2v) is 5.22. The summed E-state index contributed by atoms with van der Waals surface area (Å²) in [5.41, 5.74) is 2.73. The first-order valence-corrected chi connectivity index (χ1v) is 6.45. The van der Waals surface area contributed by atoms with Gasteiger partial charge >= 0.3 is 0 Å². The molecular weight excluding hydrogens is 220 g/mol. The zero-order valence-electron chi connectivity index (χ0n) is 9.59. The number of nitrogens with zero attached hydrogens (tertiary/aromatic N) is 1. The average Bonchev–Trinajstić information content (AvgIpc) is 2.25.